The molecular formula is C20H18Cl2N4O2. The third-order valence-electron chi connectivity index (χ3n) is 4.48. The van der Waals surface area contributed by atoms with Crippen LogP contribution in [0.1, 0.15) is 18.4 Å². The van der Waals surface area contributed by atoms with Gasteiger partial charge in [0.25, 0.3) is 0 Å². The molecule has 1 saturated heterocycles. The average Bonchev–Trinajstić information content (AvgIpc) is 3.12. The highest BCUT2D eigenvalue weighted by atomic mass is 35.5. The fourth-order valence-corrected chi connectivity index (χ4v) is 3.63. The molecule has 1 atom stereocenters. The van der Waals surface area contributed by atoms with Gasteiger partial charge in [-0.2, -0.15) is 5.26 Å². The molecule has 3 rings (SSSR count). The van der Waals surface area contributed by atoms with Gasteiger partial charge in [0, 0.05) is 10.7 Å². The highest BCUT2D eigenvalue weighted by Crippen LogP contribution is 2.27. The Hall–Kier alpha value is -2.59. The van der Waals surface area contributed by atoms with E-state index in [1.807, 2.05) is 11.0 Å². The van der Waals surface area contributed by atoms with Crippen molar-refractivity contribution in [2.45, 2.75) is 18.9 Å². The van der Waals surface area contributed by atoms with Gasteiger partial charge in [-0.15, -0.1) is 0 Å². The van der Waals surface area contributed by atoms with Gasteiger partial charge in [0.05, 0.1) is 34.9 Å². The van der Waals surface area contributed by atoms with Crippen LogP contribution in [0.2, 0.25) is 10.0 Å². The largest absolute Gasteiger partial charge is 0.325 e. The van der Waals surface area contributed by atoms with Crippen LogP contribution in [0.5, 0.6) is 0 Å². The predicted molar refractivity (Wildman–Crippen MR) is 109 cm³/mol. The van der Waals surface area contributed by atoms with E-state index in [1.54, 1.807) is 42.5 Å². The molecule has 28 heavy (non-hydrogen) atoms. The quantitative estimate of drug-likeness (QED) is 0.773. The van der Waals surface area contributed by atoms with Crippen molar-refractivity contribution in [1.29, 1.82) is 5.26 Å². The molecule has 1 aliphatic rings. The van der Waals surface area contributed by atoms with Crippen LogP contribution in [0.4, 0.5) is 11.4 Å². The number of benzene rings is 2. The number of amides is 2. The Morgan fingerprint density at radius 2 is 2.00 bits per heavy atom. The summed E-state index contributed by atoms with van der Waals surface area (Å²) < 4.78 is 0. The Labute approximate surface area is 173 Å². The monoisotopic (exact) mass is 416 g/mol. The standard InChI is InChI=1S/C20H18Cl2N4O2/c21-14-6-7-17(16(22)10-14)25-20(28)18-5-2-8-26(18)12-19(27)24-15-4-1-3-13(9-15)11-23/h1,3-4,6-7,9-10,18H,2,5,8,12H2,(H,24,27)(H,25,28)/t18-/m0/s1. The van der Waals surface area contributed by atoms with Crippen molar-refractivity contribution >= 4 is 46.4 Å². The second-order valence-electron chi connectivity index (χ2n) is 6.48. The molecule has 0 spiro atoms. The first kappa shape index (κ1) is 20.2. The lowest BCUT2D eigenvalue weighted by Gasteiger charge is -2.23. The Balaban J connectivity index is 1.61. The Morgan fingerprint density at radius 3 is 2.75 bits per heavy atom. The van der Waals surface area contributed by atoms with Crippen LogP contribution < -0.4 is 10.6 Å². The second-order valence-corrected chi connectivity index (χ2v) is 7.33. The lowest BCUT2D eigenvalue weighted by atomic mass is 10.2. The molecule has 0 aromatic heterocycles. The van der Waals surface area contributed by atoms with E-state index in [1.165, 1.54) is 0 Å². The number of hydrogen-bond donors (Lipinski definition) is 2. The summed E-state index contributed by atoms with van der Waals surface area (Å²) in [4.78, 5) is 26.9. The van der Waals surface area contributed by atoms with Crippen molar-refractivity contribution in [3.05, 3.63) is 58.1 Å². The third kappa shape index (κ3) is 5.02. The average molecular weight is 417 g/mol. The number of nitrogens with zero attached hydrogens (tertiary/aromatic N) is 2. The predicted octanol–water partition coefficient (Wildman–Crippen LogP) is 3.91. The summed E-state index contributed by atoms with van der Waals surface area (Å²) in [6.45, 7) is 0.737. The molecule has 6 nitrogen and oxygen atoms in total. The van der Waals surface area contributed by atoms with Crippen molar-refractivity contribution in [3.8, 4) is 6.07 Å². The van der Waals surface area contributed by atoms with E-state index >= 15 is 0 Å². The Bertz CT molecular complexity index is 942. The fraction of sp³-hybridized carbons (Fsp3) is 0.250. The molecule has 0 saturated carbocycles. The molecule has 0 aliphatic carbocycles. The minimum atomic E-state index is -0.414. The van der Waals surface area contributed by atoms with Crippen LogP contribution >= 0.6 is 23.2 Å². The van der Waals surface area contributed by atoms with Gasteiger partial charge in [-0.25, -0.2) is 0 Å². The molecule has 2 N–H and O–H groups in total. The van der Waals surface area contributed by atoms with Gasteiger partial charge >= 0.3 is 0 Å². The minimum absolute atomic E-state index is 0.0865. The van der Waals surface area contributed by atoms with E-state index in [2.05, 4.69) is 10.6 Å². The summed E-state index contributed by atoms with van der Waals surface area (Å²) in [6.07, 6.45) is 1.48. The van der Waals surface area contributed by atoms with Crippen molar-refractivity contribution < 1.29 is 9.59 Å². The molecule has 144 valence electrons. The summed E-state index contributed by atoms with van der Waals surface area (Å²) in [5, 5.41) is 15.4. The van der Waals surface area contributed by atoms with E-state index in [4.69, 9.17) is 28.5 Å². The van der Waals surface area contributed by atoms with Gasteiger partial charge in [-0.1, -0.05) is 29.3 Å². The second kappa shape index (κ2) is 9.07. The lowest BCUT2D eigenvalue weighted by molar-refractivity contribution is -0.122. The summed E-state index contributed by atoms with van der Waals surface area (Å²) in [6, 6.07) is 13.2. The van der Waals surface area contributed by atoms with Crippen molar-refractivity contribution in [3.63, 3.8) is 0 Å². The Morgan fingerprint density at radius 1 is 1.18 bits per heavy atom. The molecule has 1 heterocycles. The van der Waals surface area contributed by atoms with Gasteiger partial charge in [0.15, 0.2) is 0 Å². The number of carbonyl (C=O) groups is 2. The molecule has 8 heteroatoms. The van der Waals surface area contributed by atoms with Crippen molar-refractivity contribution in [2.24, 2.45) is 0 Å². The van der Waals surface area contributed by atoms with Crippen molar-refractivity contribution in [2.75, 3.05) is 23.7 Å². The van der Waals surface area contributed by atoms with Crippen LogP contribution in [0.3, 0.4) is 0 Å². The summed E-state index contributed by atoms with van der Waals surface area (Å²) in [5.74, 6) is -0.444. The zero-order valence-corrected chi connectivity index (χ0v) is 16.4. The number of hydrogen-bond acceptors (Lipinski definition) is 4. The maximum Gasteiger partial charge on any atom is 0.241 e. The molecule has 1 aliphatic heterocycles. The lowest BCUT2D eigenvalue weighted by Crippen LogP contribution is -2.43. The molecule has 2 amide bonds. The number of anilines is 2. The van der Waals surface area contributed by atoms with Crippen LogP contribution in [0.25, 0.3) is 0 Å². The van der Waals surface area contributed by atoms with Crippen LogP contribution in [0, 0.1) is 11.3 Å². The minimum Gasteiger partial charge on any atom is -0.325 e. The summed E-state index contributed by atoms with van der Waals surface area (Å²) in [5.41, 5.74) is 1.51. The molecule has 0 bridgehead atoms. The van der Waals surface area contributed by atoms with E-state index in [0.717, 1.165) is 6.42 Å². The van der Waals surface area contributed by atoms with Gasteiger partial charge in [-0.3, -0.25) is 14.5 Å². The Kier molecular flexibility index (Phi) is 6.53. The maximum atomic E-state index is 12.7. The van der Waals surface area contributed by atoms with Gasteiger partial charge in [0.1, 0.15) is 0 Å². The van der Waals surface area contributed by atoms with Crippen LogP contribution in [-0.4, -0.2) is 35.8 Å². The first-order valence-corrected chi connectivity index (χ1v) is 9.52. The van der Waals surface area contributed by atoms with Crippen molar-refractivity contribution in [1.82, 2.24) is 4.90 Å². The highest BCUT2D eigenvalue weighted by Gasteiger charge is 2.32. The number of rotatable bonds is 5. The zero-order valence-electron chi connectivity index (χ0n) is 14.9. The third-order valence-corrected chi connectivity index (χ3v) is 5.03. The van der Waals surface area contributed by atoms with E-state index in [9.17, 15) is 9.59 Å². The number of nitriles is 1. The first-order valence-electron chi connectivity index (χ1n) is 8.76. The van der Waals surface area contributed by atoms with Gasteiger partial charge < -0.3 is 10.6 Å². The summed E-state index contributed by atoms with van der Waals surface area (Å²) >= 11 is 12.0. The normalized spacial score (nSPS) is 16.4. The molecule has 2 aromatic carbocycles. The SMILES string of the molecule is N#Cc1cccc(NC(=O)CN2CCC[C@H]2C(=O)Nc2ccc(Cl)cc2Cl)c1. The smallest absolute Gasteiger partial charge is 0.241 e. The van der Waals surface area contributed by atoms with E-state index in [0.29, 0.717) is 39.9 Å². The molecule has 1 fully saturated rings. The highest BCUT2D eigenvalue weighted by molar-refractivity contribution is 6.36. The fourth-order valence-electron chi connectivity index (χ4n) is 3.17. The van der Waals surface area contributed by atoms with E-state index < -0.39 is 6.04 Å². The summed E-state index contributed by atoms with van der Waals surface area (Å²) in [7, 11) is 0. The molecular weight excluding hydrogens is 399 g/mol. The number of halogens is 2. The maximum absolute atomic E-state index is 12.7. The number of nitrogens with one attached hydrogen (secondary N) is 2. The molecule has 0 unspecified atom stereocenters. The van der Waals surface area contributed by atoms with Crippen LogP contribution in [-0.2, 0) is 9.59 Å². The van der Waals surface area contributed by atoms with Crippen LogP contribution in [0.15, 0.2) is 42.5 Å². The molecule has 0 radical (unpaired) electrons. The van der Waals surface area contributed by atoms with E-state index in [-0.39, 0.29) is 18.4 Å². The van der Waals surface area contributed by atoms with Gasteiger partial charge in [0.2, 0.25) is 11.8 Å². The number of likely N-dealkylation sites (tertiary alicyclic amines) is 1. The van der Waals surface area contributed by atoms with Gasteiger partial charge in [-0.05, 0) is 55.8 Å². The number of carbonyl (C=O) groups excluding carboxylic acids is 2. The first-order chi connectivity index (χ1) is 13.5. The zero-order chi connectivity index (χ0) is 20.1. The topological polar surface area (TPSA) is 85.2 Å². The molecule has 2 aromatic rings.